The third-order valence-corrected chi connectivity index (χ3v) is 6.27. The number of aryl methyl sites for hydroxylation is 1. The average Bonchev–Trinajstić information content (AvgIpc) is 2.86. The van der Waals surface area contributed by atoms with Crippen molar-refractivity contribution in [3.63, 3.8) is 0 Å². The molecule has 9 nitrogen and oxygen atoms in total. The number of carbonyl (C=O) groups is 1. The number of carbonyl (C=O) groups excluding carboxylic acids is 1. The lowest BCUT2D eigenvalue weighted by Gasteiger charge is -2.34. The summed E-state index contributed by atoms with van der Waals surface area (Å²) in [4.78, 5) is 29.3. The van der Waals surface area contributed by atoms with Gasteiger partial charge in [-0.15, -0.1) is 0 Å². The second-order valence-electron chi connectivity index (χ2n) is 8.33. The van der Waals surface area contributed by atoms with Crippen LogP contribution in [0, 0.1) is 6.92 Å². The van der Waals surface area contributed by atoms with Crippen molar-refractivity contribution >= 4 is 17.1 Å². The summed E-state index contributed by atoms with van der Waals surface area (Å²) in [7, 11) is 3.09. The van der Waals surface area contributed by atoms with Crippen molar-refractivity contribution in [1.82, 2.24) is 9.80 Å². The van der Waals surface area contributed by atoms with Crippen LogP contribution in [0.4, 0.5) is 4.79 Å². The van der Waals surface area contributed by atoms with Gasteiger partial charge in [-0.1, -0.05) is 6.07 Å². The molecule has 1 saturated heterocycles. The van der Waals surface area contributed by atoms with Gasteiger partial charge >= 0.3 is 6.09 Å². The SMILES string of the molecule is CCOC(=O)N1CCN(Cc2c(O)ccc3c(=O)c(-c4ccc(OC)c(OC)c4)c(C)oc23)CC1. The largest absolute Gasteiger partial charge is 0.507 e. The molecule has 1 amide bonds. The van der Waals surface area contributed by atoms with Crippen LogP contribution in [-0.4, -0.2) is 68.0 Å². The molecule has 1 fully saturated rings. The predicted molar refractivity (Wildman–Crippen MR) is 131 cm³/mol. The summed E-state index contributed by atoms with van der Waals surface area (Å²) < 4.78 is 21.9. The van der Waals surface area contributed by atoms with Crippen LogP contribution in [0.25, 0.3) is 22.1 Å². The molecule has 0 spiro atoms. The van der Waals surface area contributed by atoms with Gasteiger partial charge in [-0.3, -0.25) is 9.69 Å². The first-order valence-corrected chi connectivity index (χ1v) is 11.5. The van der Waals surface area contributed by atoms with Crippen molar-refractivity contribution in [2.45, 2.75) is 20.4 Å². The van der Waals surface area contributed by atoms with E-state index in [0.29, 0.717) is 84.2 Å². The number of ether oxygens (including phenoxy) is 3. The molecular weight excluding hydrogens is 452 g/mol. The van der Waals surface area contributed by atoms with Crippen molar-refractivity contribution in [1.29, 1.82) is 0 Å². The maximum absolute atomic E-state index is 13.6. The van der Waals surface area contributed by atoms with Crippen LogP contribution in [0.15, 0.2) is 39.5 Å². The Morgan fingerprint density at radius 2 is 1.77 bits per heavy atom. The molecule has 0 aliphatic carbocycles. The monoisotopic (exact) mass is 482 g/mol. The lowest BCUT2D eigenvalue weighted by atomic mass is 10.00. The Morgan fingerprint density at radius 3 is 2.43 bits per heavy atom. The van der Waals surface area contributed by atoms with Crippen LogP contribution in [0.1, 0.15) is 18.2 Å². The summed E-state index contributed by atoms with van der Waals surface area (Å²) in [5, 5.41) is 11.0. The van der Waals surface area contributed by atoms with Gasteiger partial charge < -0.3 is 28.6 Å². The Labute approximate surface area is 203 Å². The first-order chi connectivity index (χ1) is 16.9. The van der Waals surface area contributed by atoms with Crippen molar-refractivity contribution in [3.05, 3.63) is 51.9 Å². The topological polar surface area (TPSA) is 102 Å². The Morgan fingerprint density at radius 1 is 1.06 bits per heavy atom. The second kappa shape index (κ2) is 10.3. The first kappa shape index (κ1) is 24.4. The molecule has 1 aliphatic heterocycles. The van der Waals surface area contributed by atoms with E-state index in [-0.39, 0.29) is 17.3 Å². The lowest BCUT2D eigenvalue weighted by molar-refractivity contribution is 0.0776. The molecule has 2 heterocycles. The van der Waals surface area contributed by atoms with E-state index in [1.54, 1.807) is 57.2 Å². The minimum Gasteiger partial charge on any atom is -0.507 e. The van der Waals surface area contributed by atoms with Crippen LogP contribution in [0.2, 0.25) is 0 Å². The van der Waals surface area contributed by atoms with E-state index < -0.39 is 0 Å². The minimum atomic E-state index is -0.315. The molecule has 35 heavy (non-hydrogen) atoms. The standard InChI is InChI=1S/C26H30N2O7/c1-5-34-26(31)28-12-10-27(11-13-28)15-19-20(29)8-7-18-24(30)23(16(2)35-25(18)19)17-6-9-21(32-3)22(14-17)33-4/h6-9,14,29H,5,10-13,15H2,1-4H3. The van der Waals surface area contributed by atoms with Gasteiger partial charge in [0.25, 0.3) is 0 Å². The summed E-state index contributed by atoms with van der Waals surface area (Å²) in [6, 6.07) is 8.39. The van der Waals surface area contributed by atoms with Crippen LogP contribution in [-0.2, 0) is 11.3 Å². The zero-order chi connectivity index (χ0) is 25.1. The molecule has 1 aliphatic rings. The fourth-order valence-electron chi connectivity index (χ4n) is 4.42. The number of phenols is 1. The molecule has 0 bridgehead atoms. The number of amides is 1. The van der Waals surface area contributed by atoms with Crippen LogP contribution < -0.4 is 14.9 Å². The van der Waals surface area contributed by atoms with Crippen molar-refractivity contribution in [2.24, 2.45) is 0 Å². The van der Waals surface area contributed by atoms with Gasteiger partial charge in [-0.05, 0) is 43.7 Å². The predicted octanol–water partition coefficient (Wildman–Crippen LogP) is 3.77. The van der Waals surface area contributed by atoms with Crippen LogP contribution >= 0.6 is 0 Å². The molecule has 2 aromatic carbocycles. The number of rotatable bonds is 6. The van der Waals surface area contributed by atoms with E-state index in [9.17, 15) is 14.7 Å². The number of phenolic OH excluding ortho intramolecular Hbond substituents is 1. The van der Waals surface area contributed by atoms with E-state index >= 15 is 0 Å². The molecule has 9 heteroatoms. The van der Waals surface area contributed by atoms with Gasteiger partial charge in [-0.2, -0.15) is 0 Å². The summed E-state index contributed by atoms with van der Waals surface area (Å²) in [6.07, 6.45) is -0.315. The molecule has 1 aromatic heterocycles. The van der Waals surface area contributed by atoms with E-state index in [4.69, 9.17) is 18.6 Å². The first-order valence-electron chi connectivity index (χ1n) is 11.5. The van der Waals surface area contributed by atoms with Crippen molar-refractivity contribution < 1.29 is 28.5 Å². The second-order valence-corrected chi connectivity index (χ2v) is 8.33. The number of hydrogen-bond acceptors (Lipinski definition) is 8. The highest BCUT2D eigenvalue weighted by Crippen LogP contribution is 2.35. The summed E-state index contributed by atoms with van der Waals surface area (Å²) in [5.41, 5.74) is 1.80. The molecule has 186 valence electrons. The summed E-state index contributed by atoms with van der Waals surface area (Å²) in [5.74, 6) is 1.58. The molecule has 3 aromatic rings. The minimum absolute atomic E-state index is 0.0618. The number of benzene rings is 2. The molecule has 0 atom stereocenters. The molecule has 1 N–H and O–H groups in total. The maximum atomic E-state index is 13.6. The Hall–Kier alpha value is -3.72. The van der Waals surface area contributed by atoms with Gasteiger partial charge in [0.05, 0.1) is 37.3 Å². The Kier molecular flexibility index (Phi) is 7.16. The van der Waals surface area contributed by atoms with Crippen molar-refractivity contribution in [2.75, 3.05) is 47.0 Å². The lowest BCUT2D eigenvalue weighted by Crippen LogP contribution is -2.48. The summed E-state index contributed by atoms with van der Waals surface area (Å²) in [6.45, 7) is 6.52. The van der Waals surface area contributed by atoms with E-state index in [1.165, 1.54) is 6.07 Å². The van der Waals surface area contributed by atoms with E-state index in [1.807, 2.05) is 0 Å². The normalized spacial score (nSPS) is 14.2. The zero-order valence-corrected chi connectivity index (χ0v) is 20.4. The molecule has 0 unspecified atom stereocenters. The number of aromatic hydroxyl groups is 1. The van der Waals surface area contributed by atoms with E-state index in [0.717, 1.165) is 0 Å². The fraction of sp³-hybridized carbons (Fsp3) is 0.385. The smallest absolute Gasteiger partial charge is 0.409 e. The van der Waals surface area contributed by atoms with Crippen LogP contribution in [0.3, 0.4) is 0 Å². The van der Waals surface area contributed by atoms with Gasteiger partial charge in [0, 0.05) is 32.7 Å². The molecule has 0 saturated carbocycles. The molecular formula is C26H30N2O7. The molecule has 0 radical (unpaired) electrons. The van der Waals surface area contributed by atoms with Gasteiger partial charge in [0.2, 0.25) is 5.43 Å². The number of fused-ring (bicyclic) bond motifs is 1. The number of methoxy groups -OCH3 is 2. The number of nitrogens with zero attached hydrogens (tertiary/aromatic N) is 2. The number of hydrogen-bond donors (Lipinski definition) is 1. The third kappa shape index (κ3) is 4.77. The average molecular weight is 483 g/mol. The van der Waals surface area contributed by atoms with Crippen LogP contribution in [0.5, 0.6) is 17.2 Å². The number of piperazine rings is 1. The highest BCUT2D eigenvalue weighted by Gasteiger charge is 2.25. The van der Waals surface area contributed by atoms with Gasteiger partial charge in [-0.25, -0.2) is 4.79 Å². The quantitative estimate of drug-likeness (QED) is 0.567. The maximum Gasteiger partial charge on any atom is 0.409 e. The highest BCUT2D eigenvalue weighted by molar-refractivity contribution is 5.87. The van der Waals surface area contributed by atoms with Gasteiger partial charge in [0.1, 0.15) is 17.1 Å². The fourth-order valence-corrected chi connectivity index (χ4v) is 4.42. The Balaban J connectivity index is 1.67. The highest BCUT2D eigenvalue weighted by atomic mass is 16.6. The third-order valence-electron chi connectivity index (χ3n) is 6.27. The molecule has 4 rings (SSSR count). The van der Waals surface area contributed by atoms with Gasteiger partial charge in [0.15, 0.2) is 11.5 Å². The Bertz CT molecular complexity index is 1290. The van der Waals surface area contributed by atoms with Crippen molar-refractivity contribution in [3.8, 4) is 28.4 Å². The summed E-state index contributed by atoms with van der Waals surface area (Å²) >= 11 is 0. The zero-order valence-electron chi connectivity index (χ0n) is 20.4. The van der Waals surface area contributed by atoms with E-state index in [2.05, 4.69) is 4.90 Å².